The van der Waals surface area contributed by atoms with Crippen molar-refractivity contribution >= 4 is 32.3 Å². The smallest absolute Gasteiger partial charge is 0.294 e. The van der Waals surface area contributed by atoms with Gasteiger partial charge in [0.1, 0.15) is 22.9 Å². The van der Waals surface area contributed by atoms with Gasteiger partial charge in [0.15, 0.2) is 0 Å². The van der Waals surface area contributed by atoms with E-state index in [-0.39, 0.29) is 22.9 Å². The number of aromatic hydroxyl groups is 2. The molecule has 0 heterocycles. The molecule has 8 heteroatoms. The Morgan fingerprint density at radius 2 is 1.54 bits per heavy atom. The van der Waals surface area contributed by atoms with E-state index in [1.807, 2.05) is 12.1 Å². The summed E-state index contributed by atoms with van der Waals surface area (Å²) in [5.41, 5.74) is 0.0298. The summed E-state index contributed by atoms with van der Waals surface area (Å²) in [4.78, 5) is -0.420. The van der Waals surface area contributed by atoms with Crippen LogP contribution in [0.15, 0.2) is 69.7 Å². The minimum Gasteiger partial charge on any atom is -0.506 e. The summed E-state index contributed by atoms with van der Waals surface area (Å²) >= 11 is 0. The van der Waals surface area contributed by atoms with Gasteiger partial charge in [-0.25, -0.2) is 0 Å². The van der Waals surface area contributed by atoms with Crippen molar-refractivity contribution in [1.82, 2.24) is 0 Å². The van der Waals surface area contributed by atoms with Crippen LogP contribution in [0.2, 0.25) is 0 Å². The van der Waals surface area contributed by atoms with Crippen LogP contribution in [0.4, 0.5) is 11.4 Å². The van der Waals surface area contributed by atoms with Crippen LogP contribution in [0.5, 0.6) is 11.5 Å². The Morgan fingerprint density at radius 3 is 2.29 bits per heavy atom. The normalized spacial score (nSPS) is 12.0. The second-order valence-corrected chi connectivity index (χ2v) is 6.40. The minimum atomic E-state index is -4.43. The number of hydrogen-bond donors (Lipinski definition) is 3. The lowest BCUT2D eigenvalue weighted by Crippen LogP contribution is -1.96. The molecule has 24 heavy (non-hydrogen) atoms. The number of phenolic OH excluding ortho intramolecular Hbond substituents is 2. The average Bonchev–Trinajstić information content (AvgIpc) is 2.54. The van der Waals surface area contributed by atoms with Crippen LogP contribution in [0, 0.1) is 0 Å². The molecule has 0 aromatic heterocycles. The third-order valence-electron chi connectivity index (χ3n) is 3.38. The van der Waals surface area contributed by atoms with E-state index >= 15 is 0 Å². The maximum absolute atomic E-state index is 11.2. The van der Waals surface area contributed by atoms with E-state index in [1.54, 1.807) is 18.2 Å². The first kappa shape index (κ1) is 15.9. The molecule has 7 nitrogen and oxygen atoms in total. The van der Waals surface area contributed by atoms with Crippen LogP contribution in [-0.4, -0.2) is 23.2 Å². The number of hydrogen-bond acceptors (Lipinski definition) is 6. The SMILES string of the molecule is O=S(=O)(O)c1ccc(O)c(N=Nc2c(O)ccc3ccccc23)c1. The van der Waals surface area contributed by atoms with Crippen molar-refractivity contribution in [3.05, 3.63) is 54.6 Å². The number of rotatable bonds is 3. The van der Waals surface area contributed by atoms with Crippen molar-refractivity contribution in [3.63, 3.8) is 0 Å². The average molecular weight is 344 g/mol. The molecule has 0 bridgehead atoms. The molecule has 0 fully saturated rings. The van der Waals surface area contributed by atoms with Crippen LogP contribution in [0.3, 0.4) is 0 Å². The molecular weight excluding hydrogens is 332 g/mol. The van der Waals surface area contributed by atoms with Gasteiger partial charge in [-0.15, -0.1) is 10.2 Å². The third-order valence-corrected chi connectivity index (χ3v) is 4.23. The van der Waals surface area contributed by atoms with Gasteiger partial charge >= 0.3 is 0 Å². The maximum Gasteiger partial charge on any atom is 0.294 e. The van der Waals surface area contributed by atoms with E-state index < -0.39 is 15.0 Å². The Labute approximate surface area is 137 Å². The van der Waals surface area contributed by atoms with Gasteiger partial charge in [-0.05, 0) is 29.7 Å². The predicted octanol–water partition coefficient (Wildman–Crippen LogP) is 3.91. The lowest BCUT2D eigenvalue weighted by molar-refractivity contribution is 0.472. The highest BCUT2D eigenvalue weighted by Crippen LogP contribution is 2.37. The van der Waals surface area contributed by atoms with Crippen LogP contribution in [-0.2, 0) is 10.1 Å². The zero-order valence-electron chi connectivity index (χ0n) is 12.2. The highest BCUT2D eigenvalue weighted by molar-refractivity contribution is 7.85. The molecule has 3 N–H and O–H groups in total. The van der Waals surface area contributed by atoms with Gasteiger partial charge in [-0.3, -0.25) is 4.55 Å². The highest BCUT2D eigenvalue weighted by Gasteiger charge is 2.13. The molecular formula is C16H12N2O5S. The second-order valence-electron chi connectivity index (χ2n) is 4.98. The fourth-order valence-electron chi connectivity index (χ4n) is 2.20. The number of phenols is 2. The van der Waals surface area contributed by atoms with E-state index in [0.29, 0.717) is 5.39 Å². The van der Waals surface area contributed by atoms with E-state index in [4.69, 9.17) is 4.55 Å². The monoisotopic (exact) mass is 344 g/mol. The molecule has 0 radical (unpaired) electrons. The molecule has 3 aromatic carbocycles. The van der Waals surface area contributed by atoms with Gasteiger partial charge in [-0.1, -0.05) is 30.3 Å². The molecule has 0 aliphatic heterocycles. The molecule has 3 rings (SSSR count). The topological polar surface area (TPSA) is 120 Å². The number of fused-ring (bicyclic) bond motifs is 1. The van der Waals surface area contributed by atoms with Gasteiger partial charge in [0, 0.05) is 5.39 Å². The maximum atomic E-state index is 11.2. The van der Waals surface area contributed by atoms with Crippen molar-refractivity contribution in [2.75, 3.05) is 0 Å². The van der Waals surface area contributed by atoms with Gasteiger partial charge < -0.3 is 10.2 Å². The lowest BCUT2D eigenvalue weighted by atomic mass is 10.1. The summed E-state index contributed by atoms with van der Waals surface area (Å²) in [7, 11) is -4.43. The fraction of sp³-hybridized carbons (Fsp3) is 0. The molecule has 0 saturated heterocycles. The standard InChI is InChI=1S/C16H12N2O5S/c19-14-8-6-11(24(21,22)23)9-13(14)17-18-16-12-4-2-1-3-10(12)5-7-15(16)20/h1-9,19-20H,(H,21,22,23). The Bertz CT molecular complexity index is 1060. The number of benzene rings is 3. The van der Waals surface area contributed by atoms with E-state index in [9.17, 15) is 18.6 Å². The minimum absolute atomic E-state index is 0.108. The van der Waals surface area contributed by atoms with Crippen molar-refractivity contribution in [2.24, 2.45) is 10.2 Å². The van der Waals surface area contributed by atoms with Gasteiger partial charge in [-0.2, -0.15) is 8.42 Å². The van der Waals surface area contributed by atoms with Crippen molar-refractivity contribution < 1.29 is 23.2 Å². The van der Waals surface area contributed by atoms with Gasteiger partial charge in [0.2, 0.25) is 0 Å². The largest absolute Gasteiger partial charge is 0.506 e. The molecule has 0 spiro atoms. The summed E-state index contributed by atoms with van der Waals surface area (Å²) in [5, 5.41) is 29.0. The van der Waals surface area contributed by atoms with Gasteiger partial charge in [0.25, 0.3) is 10.1 Å². The lowest BCUT2D eigenvalue weighted by Gasteiger charge is -2.04. The zero-order chi connectivity index (χ0) is 17.3. The summed E-state index contributed by atoms with van der Waals surface area (Å²) in [6.07, 6.45) is 0. The predicted molar refractivity (Wildman–Crippen MR) is 87.7 cm³/mol. The number of azo groups is 1. The van der Waals surface area contributed by atoms with Crippen LogP contribution >= 0.6 is 0 Å². The first-order chi connectivity index (χ1) is 11.4. The van der Waals surface area contributed by atoms with E-state index in [0.717, 1.165) is 23.6 Å². The quantitative estimate of drug-likeness (QED) is 0.491. The molecule has 0 unspecified atom stereocenters. The molecule has 0 amide bonds. The first-order valence-electron chi connectivity index (χ1n) is 6.79. The molecule has 0 aliphatic carbocycles. The Balaban J connectivity index is 2.11. The number of nitrogens with zero attached hydrogens (tertiary/aromatic N) is 2. The Kier molecular flexibility index (Phi) is 3.92. The molecule has 0 aliphatic rings. The van der Waals surface area contributed by atoms with Crippen LogP contribution < -0.4 is 0 Å². The van der Waals surface area contributed by atoms with Crippen LogP contribution in [0.1, 0.15) is 0 Å². The highest BCUT2D eigenvalue weighted by atomic mass is 32.2. The molecule has 3 aromatic rings. The van der Waals surface area contributed by atoms with E-state index in [1.165, 1.54) is 6.07 Å². The summed E-state index contributed by atoms with van der Waals surface area (Å²) < 4.78 is 31.4. The third kappa shape index (κ3) is 3.05. The molecule has 0 saturated carbocycles. The Hall–Kier alpha value is -2.97. The van der Waals surface area contributed by atoms with Gasteiger partial charge in [0.05, 0.1) is 4.90 Å². The van der Waals surface area contributed by atoms with Crippen LogP contribution in [0.25, 0.3) is 10.8 Å². The molecule has 0 atom stereocenters. The first-order valence-corrected chi connectivity index (χ1v) is 8.23. The van der Waals surface area contributed by atoms with E-state index in [2.05, 4.69) is 10.2 Å². The van der Waals surface area contributed by atoms with Crippen molar-refractivity contribution in [3.8, 4) is 11.5 Å². The summed E-state index contributed by atoms with van der Waals surface area (Å²) in [6, 6.07) is 13.5. The summed E-state index contributed by atoms with van der Waals surface area (Å²) in [5.74, 6) is -0.422. The Morgan fingerprint density at radius 1 is 0.833 bits per heavy atom. The molecule has 122 valence electrons. The summed E-state index contributed by atoms with van der Waals surface area (Å²) in [6.45, 7) is 0. The van der Waals surface area contributed by atoms with Crippen molar-refractivity contribution in [1.29, 1.82) is 0 Å². The zero-order valence-corrected chi connectivity index (χ0v) is 13.0. The fourth-order valence-corrected chi connectivity index (χ4v) is 2.70. The van der Waals surface area contributed by atoms with Crippen molar-refractivity contribution in [2.45, 2.75) is 4.90 Å². The second kappa shape index (κ2) is 5.91.